The summed E-state index contributed by atoms with van der Waals surface area (Å²) in [4.78, 5) is 11.5. The summed E-state index contributed by atoms with van der Waals surface area (Å²) >= 11 is 0. The van der Waals surface area contributed by atoms with Crippen LogP contribution < -0.4 is 15.2 Å². The molecule has 0 radical (unpaired) electrons. The van der Waals surface area contributed by atoms with Crippen molar-refractivity contribution in [1.29, 1.82) is 0 Å². The third-order valence-electron chi connectivity index (χ3n) is 1.78. The maximum absolute atomic E-state index is 11.5. The molecule has 0 aliphatic rings. The third kappa shape index (κ3) is 3.13. The van der Waals surface area contributed by atoms with Crippen LogP contribution in [0.4, 0.5) is 5.69 Å². The van der Waals surface area contributed by atoms with Gasteiger partial charge in [-0.05, 0) is 18.2 Å². The number of sulfonamides is 1. The zero-order chi connectivity index (χ0) is 12.3. The second kappa shape index (κ2) is 4.40. The number of anilines is 1. The third-order valence-corrected chi connectivity index (χ3v) is 2.34. The Kier molecular flexibility index (Phi) is 3.38. The van der Waals surface area contributed by atoms with Crippen molar-refractivity contribution in [2.45, 2.75) is 0 Å². The van der Waals surface area contributed by atoms with Crippen molar-refractivity contribution in [2.75, 3.05) is 19.1 Å². The maximum Gasteiger partial charge on any atom is 0.266 e. The van der Waals surface area contributed by atoms with Crippen molar-refractivity contribution in [3.8, 4) is 5.75 Å². The Balaban J connectivity index is 3.08. The monoisotopic (exact) mass is 244 g/mol. The molecule has 7 heteroatoms. The summed E-state index contributed by atoms with van der Waals surface area (Å²) in [6.45, 7) is 0. The minimum absolute atomic E-state index is 0.0600. The number of hydrogen-bond acceptors (Lipinski definition) is 5. The van der Waals surface area contributed by atoms with Crippen LogP contribution in [-0.2, 0) is 10.0 Å². The van der Waals surface area contributed by atoms with Gasteiger partial charge in [-0.25, -0.2) is 13.1 Å². The Labute approximate surface area is 93.5 Å². The molecule has 1 aromatic rings. The number of methoxy groups -OCH3 is 1. The predicted octanol–water partition coefficient (Wildman–Crippen LogP) is -0.0332. The van der Waals surface area contributed by atoms with Gasteiger partial charge in [0, 0.05) is 5.69 Å². The minimum Gasteiger partial charge on any atom is -0.497 e. The lowest BCUT2D eigenvalue weighted by atomic mass is 10.1. The highest BCUT2D eigenvalue weighted by Crippen LogP contribution is 2.19. The number of nitrogens with one attached hydrogen (secondary N) is 1. The van der Waals surface area contributed by atoms with Gasteiger partial charge in [0.15, 0.2) is 0 Å². The second-order valence-corrected chi connectivity index (χ2v) is 4.90. The summed E-state index contributed by atoms with van der Waals surface area (Å²) in [6, 6.07) is 4.42. The van der Waals surface area contributed by atoms with E-state index in [4.69, 9.17) is 10.5 Å². The van der Waals surface area contributed by atoms with Crippen LogP contribution in [-0.4, -0.2) is 27.7 Å². The van der Waals surface area contributed by atoms with E-state index in [2.05, 4.69) is 0 Å². The summed E-state index contributed by atoms with van der Waals surface area (Å²) in [7, 11) is -2.17. The fourth-order valence-electron chi connectivity index (χ4n) is 1.08. The van der Waals surface area contributed by atoms with Gasteiger partial charge in [0.25, 0.3) is 5.91 Å². The average Bonchev–Trinajstić information content (AvgIpc) is 2.15. The highest BCUT2D eigenvalue weighted by atomic mass is 32.2. The van der Waals surface area contributed by atoms with Gasteiger partial charge in [-0.15, -0.1) is 0 Å². The van der Waals surface area contributed by atoms with E-state index >= 15 is 0 Å². The van der Waals surface area contributed by atoms with Gasteiger partial charge >= 0.3 is 0 Å². The van der Waals surface area contributed by atoms with Crippen LogP contribution in [0.5, 0.6) is 5.75 Å². The van der Waals surface area contributed by atoms with Crippen LogP contribution in [0.2, 0.25) is 0 Å². The summed E-state index contributed by atoms with van der Waals surface area (Å²) in [5, 5.41) is 0. The van der Waals surface area contributed by atoms with Gasteiger partial charge in [-0.1, -0.05) is 0 Å². The van der Waals surface area contributed by atoms with Crippen LogP contribution in [0.1, 0.15) is 10.4 Å². The first kappa shape index (κ1) is 12.3. The van der Waals surface area contributed by atoms with Gasteiger partial charge in [0.1, 0.15) is 5.75 Å². The molecule has 3 N–H and O–H groups in total. The molecule has 6 nitrogen and oxygen atoms in total. The normalized spacial score (nSPS) is 10.9. The molecule has 88 valence electrons. The molecule has 0 bridgehead atoms. The Hall–Kier alpha value is -1.76. The van der Waals surface area contributed by atoms with Crippen molar-refractivity contribution in [3.63, 3.8) is 0 Å². The molecule has 0 spiro atoms. The van der Waals surface area contributed by atoms with E-state index in [0.29, 0.717) is 5.75 Å². The molecule has 0 saturated heterocycles. The fourth-order valence-corrected chi connectivity index (χ4v) is 1.53. The molecule has 0 unspecified atom stereocenters. The lowest BCUT2D eigenvalue weighted by Gasteiger charge is -2.07. The largest absolute Gasteiger partial charge is 0.497 e. The van der Waals surface area contributed by atoms with Crippen molar-refractivity contribution < 1.29 is 17.9 Å². The van der Waals surface area contributed by atoms with Crippen LogP contribution in [0.3, 0.4) is 0 Å². The number of nitrogen functional groups attached to an aromatic ring is 1. The molecule has 0 fully saturated rings. The average molecular weight is 244 g/mol. The Morgan fingerprint density at radius 2 is 2.06 bits per heavy atom. The number of ether oxygens (including phenoxy) is 1. The van der Waals surface area contributed by atoms with Gasteiger partial charge in [0.2, 0.25) is 10.0 Å². The number of hydrogen-bond donors (Lipinski definition) is 2. The van der Waals surface area contributed by atoms with Gasteiger partial charge in [0.05, 0.1) is 18.9 Å². The zero-order valence-electron chi connectivity index (χ0n) is 8.85. The first-order valence-electron chi connectivity index (χ1n) is 4.29. The molecule has 0 aliphatic heterocycles. The molecule has 16 heavy (non-hydrogen) atoms. The van der Waals surface area contributed by atoms with E-state index in [1.54, 1.807) is 6.07 Å². The second-order valence-electron chi connectivity index (χ2n) is 3.16. The highest BCUT2D eigenvalue weighted by molar-refractivity contribution is 7.89. The van der Waals surface area contributed by atoms with Crippen molar-refractivity contribution in [1.82, 2.24) is 4.72 Å². The molecule has 0 heterocycles. The Morgan fingerprint density at radius 1 is 1.44 bits per heavy atom. The molecule has 1 aromatic carbocycles. The van der Waals surface area contributed by atoms with Gasteiger partial charge in [-0.3, -0.25) is 4.79 Å². The van der Waals surface area contributed by atoms with Gasteiger partial charge in [-0.2, -0.15) is 0 Å². The maximum atomic E-state index is 11.5. The molecule has 0 saturated carbocycles. The van der Waals surface area contributed by atoms with Crippen LogP contribution in [0, 0.1) is 0 Å². The Bertz CT molecular complexity index is 510. The molecule has 0 aliphatic carbocycles. The first-order chi connectivity index (χ1) is 7.33. The fraction of sp³-hybridized carbons (Fsp3) is 0.222. The first-order valence-corrected chi connectivity index (χ1v) is 6.18. The van der Waals surface area contributed by atoms with E-state index < -0.39 is 15.9 Å². The Morgan fingerprint density at radius 3 is 2.56 bits per heavy atom. The summed E-state index contributed by atoms with van der Waals surface area (Å²) in [6.07, 6.45) is 0.890. The lowest BCUT2D eigenvalue weighted by Crippen LogP contribution is -2.29. The standard InChI is InChI=1S/C9H12N2O4S/c1-15-6-3-4-8(10)7(5-6)9(12)11-16(2,13)14/h3-5H,10H2,1-2H3,(H,11,12). The summed E-state index contributed by atoms with van der Waals surface area (Å²) < 4.78 is 28.5. The number of rotatable bonds is 3. The van der Waals surface area contributed by atoms with E-state index in [9.17, 15) is 13.2 Å². The number of benzene rings is 1. The SMILES string of the molecule is COc1ccc(N)c(C(=O)NS(C)(=O)=O)c1. The molecular formula is C9H12N2O4S. The molecular weight excluding hydrogens is 232 g/mol. The van der Waals surface area contributed by atoms with E-state index in [0.717, 1.165) is 6.26 Å². The minimum atomic E-state index is -3.60. The van der Waals surface area contributed by atoms with E-state index in [1.165, 1.54) is 19.2 Å². The van der Waals surface area contributed by atoms with Crippen molar-refractivity contribution in [2.24, 2.45) is 0 Å². The number of amides is 1. The number of nitrogens with two attached hydrogens (primary N) is 1. The quantitative estimate of drug-likeness (QED) is 0.727. The summed E-state index contributed by atoms with van der Waals surface area (Å²) in [5.74, 6) is -0.355. The molecule has 0 atom stereocenters. The molecule has 1 amide bonds. The van der Waals surface area contributed by atoms with Gasteiger partial charge < -0.3 is 10.5 Å². The molecule has 0 aromatic heterocycles. The lowest BCUT2D eigenvalue weighted by molar-refractivity contribution is 0.0982. The smallest absolute Gasteiger partial charge is 0.266 e. The van der Waals surface area contributed by atoms with Crippen LogP contribution in [0.15, 0.2) is 18.2 Å². The van der Waals surface area contributed by atoms with Crippen LogP contribution in [0.25, 0.3) is 0 Å². The number of carbonyl (C=O) groups excluding carboxylic acids is 1. The predicted molar refractivity (Wildman–Crippen MR) is 59.7 cm³/mol. The van der Waals surface area contributed by atoms with E-state index in [1.807, 2.05) is 4.72 Å². The van der Waals surface area contributed by atoms with Crippen molar-refractivity contribution in [3.05, 3.63) is 23.8 Å². The zero-order valence-corrected chi connectivity index (χ0v) is 9.67. The van der Waals surface area contributed by atoms with Crippen LogP contribution >= 0.6 is 0 Å². The van der Waals surface area contributed by atoms with E-state index in [-0.39, 0.29) is 11.3 Å². The highest BCUT2D eigenvalue weighted by Gasteiger charge is 2.14. The van der Waals surface area contributed by atoms with Crippen molar-refractivity contribution >= 4 is 21.6 Å². The summed E-state index contributed by atoms with van der Waals surface area (Å²) in [5.41, 5.74) is 5.80. The number of carbonyl (C=O) groups is 1. The molecule has 1 rings (SSSR count). The topological polar surface area (TPSA) is 98.5 Å².